The van der Waals surface area contributed by atoms with Crippen molar-refractivity contribution in [1.82, 2.24) is 14.7 Å². The topological polar surface area (TPSA) is 60.9 Å². The number of aryl methyl sites for hydroxylation is 3. The molecule has 4 rings (SSSR count). The van der Waals surface area contributed by atoms with Crippen LogP contribution in [0.5, 0.6) is 0 Å². The van der Waals surface area contributed by atoms with Crippen LogP contribution in [0.3, 0.4) is 0 Å². The molecule has 0 atom stereocenters. The van der Waals surface area contributed by atoms with E-state index in [-0.39, 0.29) is 5.56 Å². The second kappa shape index (κ2) is 7.04. The lowest BCUT2D eigenvalue weighted by Crippen LogP contribution is -2.22. The standard InChI is InChI=1S/C21H19N3O2S/c1-13-8-9-14(2)19(10-13)24-20(25)17-6-4-5-7-18(17)22-21(24)27-12-16-11-15(3)26-23-16/h4-11H,12H2,1-3H3. The lowest BCUT2D eigenvalue weighted by Gasteiger charge is -2.15. The van der Waals surface area contributed by atoms with Gasteiger partial charge in [-0.2, -0.15) is 0 Å². The highest BCUT2D eigenvalue weighted by molar-refractivity contribution is 7.98. The highest BCUT2D eigenvalue weighted by atomic mass is 32.2. The number of hydrogen-bond donors (Lipinski definition) is 0. The molecule has 2 aromatic heterocycles. The summed E-state index contributed by atoms with van der Waals surface area (Å²) in [5.74, 6) is 1.34. The van der Waals surface area contributed by atoms with Gasteiger partial charge in [0, 0.05) is 11.8 Å². The number of nitrogens with zero attached hydrogens (tertiary/aromatic N) is 3. The molecule has 0 spiro atoms. The van der Waals surface area contributed by atoms with E-state index in [4.69, 9.17) is 9.51 Å². The van der Waals surface area contributed by atoms with Gasteiger partial charge in [0.05, 0.1) is 22.3 Å². The fourth-order valence-electron chi connectivity index (χ4n) is 3.01. The molecule has 6 heteroatoms. The first-order valence-electron chi connectivity index (χ1n) is 8.67. The molecule has 0 fully saturated rings. The van der Waals surface area contributed by atoms with Crippen LogP contribution in [-0.4, -0.2) is 14.7 Å². The summed E-state index contributed by atoms with van der Waals surface area (Å²) in [6.45, 7) is 5.89. The summed E-state index contributed by atoms with van der Waals surface area (Å²) in [4.78, 5) is 18.1. The summed E-state index contributed by atoms with van der Waals surface area (Å²) in [5.41, 5.74) is 4.44. The van der Waals surface area contributed by atoms with Crippen LogP contribution in [0.15, 0.2) is 63.0 Å². The Hall–Kier alpha value is -2.86. The van der Waals surface area contributed by atoms with Crippen LogP contribution in [-0.2, 0) is 5.75 Å². The monoisotopic (exact) mass is 377 g/mol. The van der Waals surface area contributed by atoms with Gasteiger partial charge in [-0.1, -0.05) is 41.2 Å². The van der Waals surface area contributed by atoms with Crippen LogP contribution in [0.2, 0.25) is 0 Å². The zero-order valence-electron chi connectivity index (χ0n) is 15.4. The van der Waals surface area contributed by atoms with Crippen molar-refractivity contribution in [3.05, 3.63) is 81.5 Å². The average Bonchev–Trinajstić information content (AvgIpc) is 3.08. The van der Waals surface area contributed by atoms with E-state index in [0.29, 0.717) is 21.8 Å². The predicted octanol–water partition coefficient (Wildman–Crippen LogP) is 4.59. The number of para-hydroxylation sites is 1. The van der Waals surface area contributed by atoms with E-state index >= 15 is 0 Å². The number of hydrogen-bond acceptors (Lipinski definition) is 5. The summed E-state index contributed by atoms with van der Waals surface area (Å²) in [5, 5.41) is 5.30. The lowest BCUT2D eigenvalue weighted by molar-refractivity contribution is 0.393. The maximum atomic E-state index is 13.3. The number of thioether (sulfide) groups is 1. The normalized spacial score (nSPS) is 11.2. The van der Waals surface area contributed by atoms with Crippen molar-refractivity contribution in [2.75, 3.05) is 0 Å². The molecule has 0 saturated heterocycles. The third kappa shape index (κ3) is 3.40. The fraction of sp³-hybridized carbons (Fsp3) is 0.190. The molecule has 136 valence electrons. The number of fused-ring (bicyclic) bond motifs is 1. The number of benzene rings is 2. The molecule has 0 aliphatic heterocycles. The van der Waals surface area contributed by atoms with Crippen molar-refractivity contribution < 1.29 is 4.52 Å². The Balaban J connectivity index is 1.90. The van der Waals surface area contributed by atoms with Gasteiger partial charge >= 0.3 is 0 Å². The molecule has 0 unspecified atom stereocenters. The minimum absolute atomic E-state index is 0.0619. The highest BCUT2D eigenvalue weighted by Gasteiger charge is 2.15. The Bertz CT molecular complexity index is 1190. The zero-order chi connectivity index (χ0) is 19.0. The summed E-state index contributed by atoms with van der Waals surface area (Å²) >= 11 is 1.48. The van der Waals surface area contributed by atoms with Crippen LogP contribution < -0.4 is 5.56 Å². The van der Waals surface area contributed by atoms with Gasteiger partial charge in [-0.05, 0) is 50.1 Å². The minimum atomic E-state index is -0.0619. The van der Waals surface area contributed by atoms with Crippen LogP contribution in [0.4, 0.5) is 0 Å². The second-order valence-electron chi connectivity index (χ2n) is 6.56. The number of rotatable bonds is 4. The SMILES string of the molecule is Cc1ccc(C)c(-n2c(SCc3cc(C)on3)nc3ccccc3c2=O)c1. The molecular weight excluding hydrogens is 358 g/mol. The van der Waals surface area contributed by atoms with Gasteiger partial charge in [0.15, 0.2) is 5.16 Å². The van der Waals surface area contributed by atoms with Crippen LogP contribution in [0, 0.1) is 20.8 Å². The molecule has 5 nitrogen and oxygen atoms in total. The molecule has 0 saturated carbocycles. The van der Waals surface area contributed by atoms with Crippen molar-refractivity contribution in [3.8, 4) is 5.69 Å². The van der Waals surface area contributed by atoms with Gasteiger partial charge in [0.1, 0.15) is 5.76 Å². The van der Waals surface area contributed by atoms with Gasteiger partial charge in [-0.3, -0.25) is 9.36 Å². The summed E-state index contributed by atoms with van der Waals surface area (Å²) in [7, 11) is 0. The molecular formula is C21H19N3O2S. The zero-order valence-corrected chi connectivity index (χ0v) is 16.2. The third-order valence-electron chi connectivity index (χ3n) is 4.38. The Morgan fingerprint density at radius 3 is 2.67 bits per heavy atom. The molecule has 0 amide bonds. The van der Waals surface area contributed by atoms with Crippen LogP contribution in [0.25, 0.3) is 16.6 Å². The minimum Gasteiger partial charge on any atom is -0.361 e. The Morgan fingerprint density at radius 1 is 1.07 bits per heavy atom. The van der Waals surface area contributed by atoms with Crippen molar-refractivity contribution in [3.63, 3.8) is 0 Å². The first-order chi connectivity index (χ1) is 13.0. The molecule has 27 heavy (non-hydrogen) atoms. The van der Waals surface area contributed by atoms with Gasteiger partial charge in [0.2, 0.25) is 0 Å². The van der Waals surface area contributed by atoms with Crippen molar-refractivity contribution in [2.24, 2.45) is 0 Å². The van der Waals surface area contributed by atoms with E-state index in [1.807, 2.05) is 69.3 Å². The van der Waals surface area contributed by atoms with Gasteiger partial charge in [0.25, 0.3) is 5.56 Å². The van der Waals surface area contributed by atoms with Gasteiger partial charge in [-0.15, -0.1) is 0 Å². The fourth-order valence-corrected chi connectivity index (χ4v) is 3.89. The van der Waals surface area contributed by atoms with E-state index in [0.717, 1.165) is 28.3 Å². The largest absolute Gasteiger partial charge is 0.361 e. The molecule has 0 radical (unpaired) electrons. The predicted molar refractivity (Wildman–Crippen MR) is 108 cm³/mol. The van der Waals surface area contributed by atoms with Crippen molar-refractivity contribution in [2.45, 2.75) is 31.7 Å². The molecule has 0 N–H and O–H groups in total. The molecule has 2 heterocycles. The quantitative estimate of drug-likeness (QED) is 0.384. The molecule has 0 bridgehead atoms. The molecule has 2 aromatic carbocycles. The summed E-state index contributed by atoms with van der Waals surface area (Å²) < 4.78 is 6.85. The van der Waals surface area contributed by atoms with E-state index < -0.39 is 0 Å². The molecule has 0 aliphatic rings. The smallest absolute Gasteiger partial charge is 0.266 e. The Kier molecular flexibility index (Phi) is 4.58. The average molecular weight is 377 g/mol. The maximum Gasteiger partial charge on any atom is 0.266 e. The van der Waals surface area contributed by atoms with Gasteiger partial charge < -0.3 is 4.52 Å². The Labute approximate surface area is 161 Å². The maximum absolute atomic E-state index is 13.3. The summed E-state index contributed by atoms with van der Waals surface area (Å²) in [6, 6.07) is 15.4. The van der Waals surface area contributed by atoms with Crippen LogP contribution >= 0.6 is 11.8 Å². The van der Waals surface area contributed by atoms with E-state index in [1.165, 1.54) is 11.8 Å². The van der Waals surface area contributed by atoms with Crippen LogP contribution in [0.1, 0.15) is 22.6 Å². The third-order valence-corrected chi connectivity index (χ3v) is 5.35. The number of aromatic nitrogens is 3. The van der Waals surface area contributed by atoms with Gasteiger partial charge in [-0.25, -0.2) is 4.98 Å². The highest BCUT2D eigenvalue weighted by Crippen LogP contribution is 2.26. The van der Waals surface area contributed by atoms with Crippen molar-refractivity contribution >= 4 is 22.7 Å². The summed E-state index contributed by atoms with van der Waals surface area (Å²) in [6.07, 6.45) is 0. The van der Waals surface area contributed by atoms with E-state index in [1.54, 1.807) is 4.57 Å². The van der Waals surface area contributed by atoms with E-state index in [9.17, 15) is 4.79 Å². The molecule has 0 aliphatic carbocycles. The van der Waals surface area contributed by atoms with Crippen molar-refractivity contribution in [1.29, 1.82) is 0 Å². The molecule has 4 aromatic rings. The first kappa shape index (κ1) is 17.5. The lowest BCUT2D eigenvalue weighted by atomic mass is 10.1. The van der Waals surface area contributed by atoms with E-state index in [2.05, 4.69) is 5.16 Å². The second-order valence-corrected chi connectivity index (χ2v) is 7.50. The first-order valence-corrected chi connectivity index (χ1v) is 9.66. The Morgan fingerprint density at radius 2 is 1.89 bits per heavy atom.